The quantitative estimate of drug-likeness (QED) is 0.814. The average molecular weight is 248 g/mol. The molecule has 0 saturated carbocycles. The van der Waals surface area contributed by atoms with Crippen molar-refractivity contribution in [3.63, 3.8) is 0 Å². The Labute approximate surface area is 106 Å². The monoisotopic (exact) mass is 248 g/mol. The van der Waals surface area contributed by atoms with E-state index >= 15 is 0 Å². The van der Waals surface area contributed by atoms with Gasteiger partial charge in [0.1, 0.15) is 5.75 Å². The van der Waals surface area contributed by atoms with Gasteiger partial charge in [-0.3, -0.25) is 0 Å². The van der Waals surface area contributed by atoms with Crippen molar-refractivity contribution in [2.45, 2.75) is 26.6 Å². The first-order chi connectivity index (χ1) is 8.70. The van der Waals surface area contributed by atoms with E-state index in [1.54, 1.807) is 7.11 Å². The maximum Gasteiger partial charge on any atom is 0.257 e. The Kier molecular flexibility index (Phi) is 3.94. The lowest BCUT2D eigenvalue weighted by Gasteiger charge is -2.14. The van der Waals surface area contributed by atoms with Gasteiger partial charge in [-0.15, -0.1) is 0 Å². The maximum atomic E-state index is 5.72. The number of methoxy groups -OCH3 is 1. The van der Waals surface area contributed by atoms with E-state index in [1.807, 2.05) is 32.0 Å². The Morgan fingerprint density at radius 3 is 2.78 bits per heavy atom. The molecule has 0 aliphatic rings. The SMILES string of the molecule is COCc1cc(-c2ncno2)ccc1OC(C)C. The topological polar surface area (TPSA) is 57.4 Å². The van der Waals surface area contributed by atoms with Crippen molar-refractivity contribution in [1.29, 1.82) is 0 Å². The van der Waals surface area contributed by atoms with Gasteiger partial charge in [-0.25, -0.2) is 0 Å². The Hall–Kier alpha value is -1.88. The molecule has 5 heteroatoms. The first-order valence-corrected chi connectivity index (χ1v) is 5.76. The first-order valence-electron chi connectivity index (χ1n) is 5.76. The molecule has 0 N–H and O–H groups in total. The van der Waals surface area contributed by atoms with Crippen LogP contribution in [0.4, 0.5) is 0 Å². The molecular formula is C13H16N2O3. The van der Waals surface area contributed by atoms with Crippen molar-refractivity contribution in [2.75, 3.05) is 7.11 Å². The number of rotatable bonds is 5. The summed E-state index contributed by atoms with van der Waals surface area (Å²) >= 11 is 0. The summed E-state index contributed by atoms with van der Waals surface area (Å²) in [4.78, 5) is 4.02. The van der Waals surface area contributed by atoms with Crippen LogP contribution in [0.2, 0.25) is 0 Å². The van der Waals surface area contributed by atoms with E-state index in [4.69, 9.17) is 14.0 Å². The highest BCUT2D eigenvalue weighted by atomic mass is 16.5. The van der Waals surface area contributed by atoms with Crippen LogP contribution in [-0.2, 0) is 11.3 Å². The molecule has 0 fully saturated rings. The molecule has 0 atom stereocenters. The first kappa shape index (κ1) is 12.6. The van der Waals surface area contributed by atoms with Crippen LogP contribution in [0.5, 0.6) is 5.75 Å². The molecule has 0 unspecified atom stereocenters. The number of benzene rings is 1. The van der Waals surface area contributed by atoms with E-state index < -0.39 is 0 Å². The molecule has 1 aromatic carbocycles. The van der Waals surface area contributed by atoms with Crippen LogP contribution in [0.15, 0.2) is 29.0 Å². The van der Waals surface area contributed by atoms with E-state index in [1.165, 1.54) is 6.33 Å². The smallest absolute Gasteiger partial charge is 0.257 e. The summed E-state index contributed by atoms with van der Waals surface area (Å²) in [6.07, 6.45) is 1.50. The summed E-state index contributed by atoms with van der Waals surface area (Å²) in [5.41, 5.74) is 1.82. The minimum absolute atomic E-state index is 0.120. The average Bonchev–Trinajstić information content (AvgIpc) is 2.84. The molecule has 0 aliphatic heterocycles. The van der Waals surface area contributed by atoms with Crippen molar-refractivity contribution < 1.29 is 14.0 Å². The van der Waals surface area contributed by atoms with Crippen molar-refractivity contribution in [3.8, 4) is 17.2 Å². The van der Waals surface area contributed by atoms with E-state index in [2.05, 4.69) is 10.1 Å². The Morgan fingerprint density at radius 1 is 1.33 bits per heavy atom. The summed E-state index contributed by atoms with van der Waals surface area (Å²) in [6.45, 7) is 4.45. The summed E-state index contributed by atoms with van der Waals surface area (Å²) < 4.78 is 15.9. The molecule has 96 valence electrons. The molecule has 0 radical (unpaired) electrons. The fraction of sp³-hybridized carbons (Fsp3) is 0.385. The van der Waals surface area contributed by atoms with Crippen molar-refractivity contribution in [2.24, 2.45) is 0 Å². The van der Waals surface area contributed by atoms with Gasteiger partial charge in [0.15, 0.2) is 6.33 Å². The molecule has 2 aromatic rings. The lowest BCUT2D eigenvalue weighted by atomic mass is 10.1. The van der Waals surface area contributed by atoms with Crippen molar-refractivity contribution in [3.05, 3.63) is 30.1 Å². The fourth-order valence-electron chi connectivity index (χ4n) is 1.65. The molecule has 18 heavy (non-hydrogen) atoms. The van der Waals surface area contributed by atoms with Crippen molar-refractivity contribution >= 4 is 0 Å². The van der Waals surface area contributed by atoms with Crippen LogP contribution in [0, 0.1) is 0 Å². The predicted octanol–water partition coefficient (Wildman–Crippen LogP) is 2.67. The molecule has 0 amide bonds. The Morgan fingerprint density at radius 2 is 2.17 bits per heavy atom. The van der Waals surface area contributed by atoms with Crippen LogP contribution < -0.4 is 4.74 Å². The highest BCUT2D eigenvalue weighted by Crippen LogP contribution is 2.26. The van der Waals surface area contributed by atoms with Gasteiger partial charge in [0.25, 0.3) is 5.89 Å². The largest absolute Gasteiger partial charge is 0.491 e. The summed E-state index contributed by atoms with van der Waals surface area (Å²) in [6, 6.07) is 5.73. The van der Waals surface area contributed by atoms with Gasteiger partial charge in [0.2, 0.25) is 0 Å². The van der Waals surface area contributed by atoms with Crippen LogP contribution in [-0.4, -0.2) is 23.4 Å². The van der Waals surface area contributed by atoms with Gasteiger partial charge in [0, 0.05) is 18.2 Å². The zero-order valence-electron chi connectivity index (χ0n) is 10.7. The molecule has 0 saturated heterocycles. The third-order valence-electron chi connectivity index (χ3n) is 2.33. The zero-order chi connectivity index (χ0) is 13.0. The zero-order valence-corrected chi connectivity index (χ0v) is 10.7. The lowest BCUT2D eigenvalue weighted by Crippen LogP contribution is -2.08. The van der Waals surface area contributed by atoms with Gasteiger partial charge < -0.3 is 14.0 Å². The summed E-state index contributed by atoms with van der Waals surface area (Å²) in [5.74, 6) is 1.30. The normalized spacial score (nSPS) is 10.9. The number of aromatic nitrogens is 2. The van der Waals surface area contributed by atoms with E-state index in [0.29, 0.717) is 12.5 Å². The van der Waals surface area contributed by atoms with E-state index in [-0.39, 0.29) is 6.10 Å². The van der Waals surface area contributed by atoms with Gasteiger partial charge >= 0.3 is 0 Å². The molecule has 1 heterocycles. The molecule has 1 aromatic heterocycles. The second-order valence-electron chi connectivity index (χ2n) is 4.17. The van der Waals surface area contributed by atoms with Crippen LogP contribution in [0.3, 0.4) is 0 Å². The molecule has 2 rings (SSSR count). The van der Waals surface area contributed by atoms with Gasteiger partial charge in [0.05, 0.1) is 12.7 Å². The maximum absolute atomic E-state index is 5.72. The third kappa shape index (κ3) is 2.87. The minimum atomic E-state index is 0.120. The molecule has 0 bridgehead atoms. The van der Waals surface area contributed by atoms with E-state index in [9.17, 15) is 0 Å². The minimum Gasteiger partial charge on any atom is -0.491 e. The van der Waals surface area contributed by atoms with Crippen LogP contribution >= 0.6 is 0 Å². The van der Waals surface area contributed by atoms with Gasteiger partial charge in [-0.1, -0.05) is 5.16 Å². The molecular weight excluding hydrogens is 232 g/mol. The number of ether oxygens (including phenoxy) is 2. The number of nitrogens with zero attached hydrogens (tertiary/aromatic N) is 2. The number of hydrogen-bond acceptors (Lipinski definition) is 5. The van der Waals surface area contributed by atoms with Crippen molar-refractivity contribution in [1.82, 2.24) is 10.1 Å². The van der Waals surface area contributed by atoms with Gasteiger partial charge in [-0.05, 0) is 32.0 Å². The summed E-state index contributed by atoms with van der Waals surface area (Å²) in [5, 5.41) is 3.60. The Bertz CT molecular complexity index is 495. The summed E-state index contributed by atoms with van der Waals surface area (Å²) in [7, 11) is 1.65. The van der Waals surface area contributed by atoms with Crippen LogP contribution in [0.25, 0.3) is 11.5 Å². The second kappa shape index (κ2) is 5.64. The Balaban J connectivity index is 2.33. The predicted molar refractivity (Wildman–Crippen MR) is 66.2 cm³/mol. The molecule has 0 spiro atoms. The number of hydrogen-bond donors (Lipinski definition) is 0. The van der Waals surface area contributed by atoms with Gasteiger partial charge in [-0.2, -0.15) is 4.98 Å². The third-order valence-corrected chi connectivity index (χ3v) is 2.33. The lowest BCUT2D eigenvalue weighted by molar-refractivity contribution is 0.175. The highest BCUT2D eigenvalue weighted by molar-refractivity contribution is 5.56. The van der Waals surface area contributed by atoms with E-state index in [0.717, 1.165) is 16.9 Å². The molecule has 5 nitrogen and oxygen atoms in total. The standard InChI is InChI=1S/C13H16N2O3/c1-9(2)17-12-5-4-10(6-11(12)7-16-3)13-14-8-15-18-13/h4-6,8-9H,7H2,1-3H3. The fourth-order valence-corrected chi connectivity index (χ4v) is 1.65. The second-order valence-corrected chi connectivity index (χ2v) is 4.17. The highest BCUT2D eigenvalue weighted by Gasteiger charge is 2.10. The molecule has 0 aliphatic carbocycles. The van der Waals surface area contributed by atoms with Crippen LogP contribution in [0.1, 0.15) is 19.4 Å².